The largest absolute Gasteiger partial charge is 0.508 e. The number of aliphatic imine (C=N–C) groups is 1. The van der Waals surface area contributed by atoms with Crippen molar-refractivity contribution in [2.75, 3.05) is 26.7 Å². The van der Waals surface area contributed by atoms with Crippen LogP contribution in [0.4, 0.5) is 13.2 Å². The van der Waals surface area contributed by atoms with E-state index in [1.54, 1.807) is 18.2 Å². The third-order valence-electron chi connectivity index (χ3n) is 3.76. The SMILES string of the molecule is CCNC(=NCCc1nc(C(F)(F)F)cs1)NCCc1ccc(OC)cc1O. The van der Waals surface area contributed by atoms with Gasteiger partial charge in [0.1, 0.15) is 11.5 Å². The van der Waals surface area contributed by atoms with Crippen LogP contribution >= 0.6 is 11.3 Å². The summed E-state index contributed by atoms with van der Waals surface area (Å²) in [6.07, 6.45) is -3.51. The number of rotatable bonds is 8. The van der Waals surface area contributed by atoms with Crippen LogP contribution in [0, 0.1) is 0 Å². The van der Waals surface area contributed by atoms with Gasteiger partial charge in [0.15, 0.2) is 11.7 Å². The summed E-state index contributed by atoms with van der Waals surface area (Å²) < 4.78 is 42.8. The van der Waals surface area contributed by atoms with Crippen molar-refractivity contribution in [3.63, 3.8) is 0 Å². The summed E-state index contributed by atoms with van der Waals surface area (Å²) in [6, 6.07) is 5.12. The number of phenolic OH excluding ortho intramolecular Hbond substituents is 1. The van der Waals surface area contributed by atoms with Crippen LogP contribution in [0.1, 0.15) is 23.2 Å². The zero-order chi connectivity index (χ0) is 20.6. The Hall–Kier alpha value is -2.49. The number of halogens is 3. The van der Waals surface area contributed by atoms with E-state index in [4.69, 9.17) is 4.74 Å². The highest BCUT2D eigenvalue weighted by Crippen LogP contribution is 2.30. The summed E-state index contributed by atoms with van der Waals surface area (Å²) in [5.41, 5.74) is -0.0903. The zero-order valence-electron chi connectivity index (χ0n) is 15.6. The average Bonchev–Trinajstić information content (AvgIpc) is 3.12. The van der Waals surface area contributed by atoms with E-state index < -0.39 is 11.9 Å². The molecule has 1 aromatic carbocycles. The van der Waals surface area contributed by atoms with Crippen LogP contribution < -0.4 is 15.4 Å². The predicted molar refractivity (Wildman–Crippen MR) is 103 cm³/mol. The molecule has 0 saturated carbocycles. The number of nitrogens with one attached hydrogen (secondary N) is 2. The van der Waals surface area contributed by atoms with Crippen molar-refractivity contribution in [3.8, 4) is 11.5 Å². The van der Waals surface area contributed by atoms with Gasteiger partial charge >= 0.3 is 6.18 Å². The summed E-state index contributed by atoms with van der Waals surface area (Å²) in [5.74, 6) is 1.30. The summed E-state index contributed by atoms with van der Waals surface area (Å²) in [5, 5.41) is 17.6. The van der Waals surface area contributed by atoms with Gasteiger partial charge in [0.05, 0.1) is 12.1 Å². The highest BCUT2D eigenvalue weighted by Gasteiger charge is 2.33. The van der Waals surface area contributed by atoms with Crippen LogP contribution in [0.3, 0.4) is 0 Å². The molecule has 28 heavy (non-hydrogen) atoms. The molecule has 0 bridgehead atoms. The number of guanidine groups is 1. The molecule has 0 fully saturated rings. The summed E-state index contributed by atoms with van der Waals surface area (Å²) in [6.45, 7) is 3.41. The summed E-state index contributed by atoms with van der Waals surface area (Å²) >= 11 is 0.982. The third-order valence-corrected chi connectivity index (χ3v) is 4.67. The fourth-order valence-electron chi connectivity index (χ4n) is 2.36. The standard InChI is InChI=1S/C18H23F3N4O2S/c1-3-22-17(23-8-6-12-4-5-13(27-2)10-14(12)26)24-9-7-16-25-15(11-28-16)18(19,20)21/h4-5,10-11,26H,3,6-9H2,1-2H3,(H2,22,23,24). The van der Waals surface area contributed by atoms with Crippen molar-refractivity contribution in [1.29, 1.82) is 0 Å². The van der Waals surface area contributed by atoms with Gasteiger partial charge in [0.25, 0.3) is 0 Å². The van der Waals surface area contributed by atoms with Crippen LogP contribution in [0.2, 0.25) is 0 Å². The minimum Gasteiger partial charge on any atom is -0.508 e. The Morgan fingerprint density at radius 2 is 2.07 bits per heavy atom. The molecule has 1 aromatic heterocycles. The molecule has 0 atom stereocenters. The van der Waals surface area contributed by atoms with Gasteiger partial charge in [0.2, 0.25) is 0 Å². The number of benzene rings is 1. The molecule has 154 valence electrons. The molecular formula is C18H23F3N4O2S. The van der Waals surface area contributed by atoms with Crippen LogP contribution in [0.25, 0.3) is 0 Å². The van der Waals surface area contributed by atoms with Gasteiger partial charge in [-0.1, -0.05) is 6.07 Å². The molecule has 2 rings (SSSR count). The van der Waals surface area contributed by atoms with E-state index in [-0.39, 0.29) is 5.75 Å². The van der Waals surface area contributed by atoms with Crippen molar-refractivity contribution in [2.24, 2.45) is 4.99 Å². The molecule has 0 spiro atoms. The Morgan fingerprint density at radius 3 is 2.68 bits per heavy atom. The zero-order valence-corrected chi connectivity index (χ0v) is 16.5. The highest BCUT2D eigenvalue weighted by atomic mass is 32.1. The second-order valence-corrected chi connectivity index (χ2v) is 6.75. The molecule has 0 aliphatic carbocycles. The van der Waals surface area contributed by atoms with E-state index in [0.717, 1.165) is 22.3 Å². The molecule has 6 nitrogen and oxygen atoms in total. The van der Waals surface area contributed by atoms with E-state index >= 15 is 0 Å². The van der Waals surface area contributed by atoms with Gasteiger partial charge in [-0.05, 0) is 25.0 Å². The van der Waals surface area contributed by atoms with E-state index in [1.165, 1.54) is 7.11 Å². The molecule has 2 aromatic rings. The number of hydrogen-bond donors (Lipinski definition) is 3. The Bertz CT molecular complexity index is 793. The normalized spacial score (nSPS) is 12.1. The average molecular weight is 416 g/mol. The minimum absolute atomic E-state index is 0.160. The van der Waals surface area contributed by atoms with Gasteiger partial charge in [-0.2, -0.15) is 13.2 Å². The van der Waals surface area contributed by atoms with Crippen molar-refractivity contribution in [1.82, 2.24) is 15.6 Å². The number of hydrogen-bond acceptors (Lipinski definition) is 5. The van der Waals surface area contributed by atoms with Crippen molar-refractivity contribution in [3.05, 3.63) is 39.8 Å². The molecule has 0 aliphatic rings. The molecule has 0 amide bonds. The van der Waals surface area contributed by atoms with Crippen molar-refractivity contribution in [2.45, 2.75) is 25.9 Å². The smallest absolute Gasteiger partial charge is 0.434 e. The fourth-order valence-corrected chi connectivity index (χ4v) is 3.15. The van der Waals surface area contributed by atoms with Gasteiger partial charge < -0.3 is 20.5 Å². The predicted octanol–water partition coefficient (Wildman–Crippen LogP) is 3.22. The van der Waals surface area contributed by atoms with Crippen molar-refractivity contribution < 1.29 is 23.0 Å². The number of aromatic nitrogens is 1. The number of thiazole rings is 1. The first-order chi connectivity index (χ1) is 13.3. The van der Waals surface area contributed by atoms with E-state index in [1.807, 2.05) is 6.92 Å². The van der Waals surface area contributed by atoms with Gasteiger partial charge in [-0.25, -0.2) is 4.98 Å². The topological polar surface area (TPSA) is 78.8 Å². The molecule has 3 N–H and O–H groups in total. The van der Waals surface area contributed by atoms with Crippen LogP contribution in [0.5, 0.6) is 11.5 Å². The highest BCUT2D eigenvalue weighted by molar-refractivity contribution is 7.09. The molecular weight excluding hydrogens is 393 g/mol. The molecule has 0 aliphatic heterocycles. The number of aromatic hydroxyl groups is 1. The monoisotopic (exact) mass is 416 g/mol. The third kappa shape index (κ3) is 6.59. The lowest BCUT2D eigenvalue weighted by Crippen LogP contribution is -2.38. The van der Waals surface area contributed by atoms with Crippen LogP contribution in [0.15, 0.2) is 28.6 Å². The fraction of sp³-hybridized carbons (Fsp3) is 0.444. The lowest BCUT2D eigenvalue weighted by Gasteiger charge is -2.12. The van der Waals surface area contributed by atoms with E-state index in [2.05, 4.69) is 20.6 Å². The number of nitrogens with zero attached hydrogens (tertiary/aromatic N) is 2. The summed E-state index contributed by atoms with van der Waals surface area (Å²) in [4.78, 5) is 7.95. The maximum atomic E-state index is 12.6. The summed E-state index contributed by atoms with van der Waals surface area (Å²) in [7, 11) is 1.53. The van der Waals surface area contributed by atoms with Gasteiger partial charge in [-0.3, -0.25) is 4.99 Å². The number of ether oxygens (including phenoxy) is 1. The minimum atomic E-state index is -4.42. The number of methoxy groups -OCH3 is 1. The van der Waals surface area contributed by atoms with Gasteiger partial charge in [-0.15, -0.1) is 11.3 Å². The van der Waals surface area contributed by atoms with E-state index in [9.17, 15) is 18.3 Å². The Labute approximate surface area is 165 Å². The number of phenols is 1. The molecule has 0 radical (unpaired) electrons. The lowest BCUT2D eigenvalue weighted by atomic mass is 10.1. The molecule has 1 heterocycles. The first-order valence-corrected chi connectivity index (χ1v) is 9.61. The first-order valence-electron chi connectivity index (χ1n) is 8.73. The Kier molecular flexibility index (Phi) is 7.91. The van der Waals surface area contributed by atoms with Crippen LogP contribution in [-0.4, -0.2) is 42.8 Å². The van der Waals surface area contributed by atoms with Crippen molar-refractivity contribution >= 4 is 17.3 Å². The molecule has 10 heteroatoms. The molecule has 0 saturated heterocycles. The second-order valence-electron chi connectivity index (χ2n) is 5.81. The van der Waals surface area contributed by atoms with Gasteiger partial charge in [0, 0.05) is 37.5 Å². The van der Waals surface area contributed by atoms with Crippen LogP contribution in [-0.2, 0) is 19.0 Å². The number of alkyl halides is 3. The maximum Gasteiger partial charge on any atom is 0.434 e. The quantitative estimate of drug-likeness (QED) is 0.455. The first kappa shape index (κ1) is 21.8. The maximum absolute atomic E-state index is 12.6. The lowest BCUT2D eigenvalue weighted by molar-refractivity contribution is -0.140. The second kappa shape index (κ2) is 10.2. The Morgan fingerprint density at radius 1 is 1.29 bits per heavy atom. The molecule has 0 unspecified atom stereocenters. The Balaban J connectivity index is 1.85. The van der Waals surface area contributed by atoms with E-state index in [0.29, 0.717) is 49.2 Å².